The highest BCUT2D eigenvalue weighted by atomic mass is 16.3. The molecule has 1 atom stereocenters. The maximum atomic E-state index is 8.75. The van der Waals surface area contributed by atoms with Crippen molar-refractivity contribution in [3.05, 3.63) is 17.6 Å². The Morgan fingerprint density at radius 2 is 2.14 bits per heavy atom. The fraction of sp³-hybridized carbons (Fsp3) is 0.600. The molecule has 0 unspecified atom stereocenters. The zero-order chi connectivity index (χ0) is 10.6. The number of aryl methyl sites for hydroxylation is 2. The van der Waals surface area contributed by atoms with Crippen molar-refractivity contribution < 1.29 is 5.11 Å². The van der Waals surface area contributed by atoms with E-state index in [1.54, 1.807) is 0 Å². The lowest BCUT2D eigenvalue weighted by molar-refractivity contribution is 0.282. The fourth-order valence-corrected chi connectivity index (χ4v) is 1.31. The minimum atomic E-state index is 0.192. The second kappa shape index (κ2) is 4.91. The highest BCUT2D eigenvalue weighted by molar-refractivity contribution is 5.36. The van der Waals surface area contributed by atoms with Crippen molar-refractivity contribution >= 4 is 5.82 Å². The first-order valence-corrected chi connectivity index (χ1v) is 4.81. The molecule has 0 saturated carbocycles. The van der Waals surface area contributed by atoms with Gasteiger partial charge in [-0.1, -0.05) is 0 Å². The van der Waals surface area contributed by atoms with Crippen molar-refractivity contribution in [1.82, 2.24) is 9.97 Å². The number of aliphatic hydroxyl groups is 1. The Morgan fingerprint density at radius 1 is 1.43 bits per heavy atom. The van der Waals surface area contributed by atoms with Crippen molar-refractivity contribution in [2.45, 2.75) is 33.2 Å². The van der Waals surface area contributed by atoms with E-state index in [0.717, 1.165) is 23.8 Å². The molecule has 2 N–H and O–H groups in total. The second-order valence-electron chi connectivity index (χ2n) is 3.50. The Morgan fingerprint density at radius 3 is 2.71 bits per heavy atom. The van der Waals surface area contributed by atoms with Crippen LogP contribution in [0.15, 0.2) is 6.07 Å². The molecule has 78 valence electrons. The summed E-state index contributed by atoms with van der Waals surface area (Å²) in [6.07, 6.45) is 0.724. The lowest BCUT2D eigenvalue weighted by atomic mass is 10.2. The molecule has 0 aliphatic carbocycles. The van der Waals surface area contributed by atoms with Crippen LogP contribution in [-0.4, -0.2) is 27.7 Å². The van der Waals surface area contributed by atoms with Gasteiger partial charge in [0.2, 0.25) is 0 Å². The first-order valence-electron chi connectivity index (χ1n) is 4.81. The van der Waals surface area contributed by atoms with Crippen molar-refractivity contribution in [1.29, 1.82) is 0 Å². The zero-order valence-electron chi connectivity index (χ0n) is 8.91. The van der Waals surface area contributed by atoms with E-state index in [0.29, 0.717) is 0 Å². The van der Waals surface area contributed by atoms with Crippen LogP contribution < -0.4 is 5.32 Å². The second-order valence-corrected chi connectivity index (χ2v) is 3.50. The maximum absolute atomic E-state index is 8.75. The van der Waals surface area contributed by atoms with Gasteiger partial charge in [-0.2, -0.15) is 0 Å². The molecule has 14 heavy (non-hydrogen) atoms. The number of nitrogens with one attached hydrogen (secondary N) is 1. The molecule has 1 aromatic heterocycles. The molecule has 1 heterocycles. The Labute approximate surface area is 84.4 Å². The molecule has 0 spiro atoms. The minimum absolute atomic E-state index is 0.192. The summed E-state index contributed by atoms with van der Waals surface area (Å²) in [5.41, 5.74) is 0.955. The first-order chi connectivity index (χ1) is 6.61. The molecule has 4 heteroatoms. The van der Waals surface area contributed by atoms with Gasteiger partial charge >= 0.3 is 0 Å². The molecule has 0 aliphatic heterocycles. The quantitative estimate of drug-likeness (QED) is 0.759. The number of aliphatic hydroxyl groups excluding tert-OH is 1. The normalized spacial score (nSPS) is 12.6. The van der Waals surface area contributed by atoms with E-state index in [4.69, 9.17) is 5.11 Å². The summed E-state index contributed by atoms with van der Waals surface area (Å²) in [7, 11) is 0. The van der Waals surface area contributed by atoms with Crippen LogP contribution >= 0.6 is 0 Å². The van der Waals surface area contributed by atoms with Gasteiger partial charge < -0.3 is 10.4 Å². The van der Waals surface area contributed by atoms with Gasteiger partial charge in [0, 0.05) is 24.4 Å². The molecule has 0 aromatic carbocycles. The zero-order valence-corrected chi connectivity index (χ0v) is 8.91. The topological polar surface area (TPSA) is 58.0 Å². The predicted molar refractivity (Wildman–Crippen MR) is 56.3 cm³/mol. The summed E-state index contributed by atoms with van der Waals surface area (Å²) in [6, 6.07) is 2.13. The largest absolute Gasteiger partial charge is 0.396 e. The average Bonchev–Trinajstić information content (AvgIpc) is 2.01. The smallest absolute Gasteiger partial charge is 0.130 e. The van der Waals surface area contributed by atoms with Crippen molar-refractivity contribution in [2.75, 3.05) is 11.9 Å². The Balaban J connectivity index is 2.66. The van der Waals surface area contributed by atoms with Crippen LogP contribution in [-0.2, 0) is 0 Å². The number of rotatable bonds is 4. The van der Waals surface area contributed by atoms with Crippen LogP contribution in [0.4, 0.5) is 5.82 Å². The fourth-order valence-electron chi connectivity index (χ4n) is 1.31. The third kappa shape index (κ3) is 3.30. The summed E-state index contributed by atoms with van der Waals surface area (Å²) in [5.74, 6) is 1.60. The third-order valence-electron chi connectivity index (χ3n) is 1.92. The minimum Gasteiger partial charge on any atom is -0.396 e. The van der Waals surface area contributed by atoms with Crippen LogP contribution in [0.5, 0.6) is 0 Å². The molecule has 0 amide bonds. The number of hydrogen-bond donors (Lipinski definition) is 2. The number of nitrogens with zero attached hydrogens (tertiary/aromatic N) is 2. The van der Waals surface area contributed by atoms with E-state index < -0.39 is 0 Å². The lowest BCUT2D eigenvalue weighted by Crippen LogP contribution is -2.17. The van der Waals surface area contributed by atoms with E-state index in [2.05, 4.69) is 15.3 Å². The SMILES string of the molecule is Cc1cc(N[C@H](C)CCO)nc(C)n1. The molecular weight excluding hydrogens is 178 g/mol. The van der Waals surface area contributed by atoms with Gasteiger partial charge in [0.1, 0.15) is 11.6 Å². The van der Waals surface area contributed by atoms with Gasteiger partial charge in [-0.3, -0.25) is 0 Å². The Kier molecular flexibility index (Phi) is 3.83. The van der Waals surface area contributed by atoms with Crippen LogP contribution in [0, 0.1) is 13.8 Å². The first kappa shape index (κ1) is 10.9. The highest BCUT2D eigenvalue weighted by Gasteiger charge is 2.03. The molecule has 0 fully saturated rings. The number of aromatic nitrogens is 2. The molecule has 0 aliphatic rings. The van der Waals surface area contributed by atoms with Crippen molar-refractivity contribution in [3.63, 3.8) is 0 Å². The summed E-state index contributed by atoms with van der Waals surface area (Å²) in [6.45, 7) is 6.02. The van der Waals surface area contributed by atoms with E-state index in [-0.39, 0.29) is 12.6 Å². The van der Waals surface area contributed by atoms with Crippen LogP contribution in [0.25, 0.3) is 0 Å². The Bertz CT molecular complexity index is 281. The standard InChI is InChI=1S/C10H17N3O/c1-7(4-5-14)12-10-6-8(2)11-9(3)13-10/h6-7,14H,4-5H2,1-3H3,(H,11,12,13)/t7-/m1/s1. The molecule has 0 saturated heterocycles. The van der Waals surface area contributed by atoms with Crippen LogP contribution in [0.1, 0.15) is 24.9 Å². The lowest BCUT2D eigenvalue weighted by Gasteiger charge is -2.13. The molecule has 0 bridgehead atoms. The van der Waals surface area contributed by atoms with E-state index in [9.17, 15) is 0 Å². The molecular formula is C10H17N3O. The molecule has 1 rings (SSSR count). The van der Waals surface area contributed by atoms with E-state index in [1.165, 1.54) is 0 Å². The summed E-state index contributed by atoms with van der Waals surface area (Å²) < 4.78 is 0. The van der Waals surface area contributed by atoms with E-state index >= 15 is 0 Å². The van der Waals surface area contributed by atoms with Gasteiger partial charge in [-0.05, 0) is 27.2 Å². The average molecular weight is 195 g/mol. The van der Waals surface area contributed by atoms with Crippen LogP contribution in [0.3, 0.4) is 0 Å². The molecule has 1 aromatic rings. The predicted octanol–water partition coefficient (Wildman–Crippen LogP) is 1.28. The van der Waals surface area contributed by atoms with Gasteiger partial charge in [0.25, 0.3) is 0 Å². The van der Waals surface area contributed by atoms with Crippen molar-refractivity contribution in [2.24, 2.45) is 0 Å². The van der Waals surface area contributed by atoms with Crippen LogP contribution in [0.2, 0.25) is 0 Å². The van der Waals surface area contributed by atoms with Crippen molar-refractivity contribution in [3.8, 4) is 0 Å². The molecule has 0 radical (unpaired) electrons. The molecule has 4 nitrogen and oxygen atoms in total. The third-order valence-corrected chi connectivity index (χ3v) is 1.92. The highest BCUT2D eigenvalue weighted by Crippen LogP contribution is 2.08. The Hall–Kier alpha value is -1.16. The summed E-state index contributed by atoms with van der Waals surface area (Å²) in [4.78, 5) is 8.44. The summed E-state index contributed by atoms with van der Waals surface area (Å²) >= 11 is 0. The van der Waals surface area contributed by atoms with Gasteiger partial charge in [-0.25, -0.2) is 9.97 Å². The van der Waals surface area contributed by atoms with Gasteiger partial charge in [-0.15, -0.1) is 0 Å². The number of hydrogen-bond acceptors (Lipinski definition) is 4. The van der Waals surface area contributed by atoms with Gasteiger partial charge in [0.05, 0.1) is 0 Å². The van der Waals surface area contributed by atoms with E-state index in [1.807, 2.05) is 26.8 Å². The summed E-state index contributed by atoms with van der Waals surface area (Å²) in [5, 5.41) is 12.0. The monoisotopic (exact) mass is 195 g/mol. The number of anilines is 1. The van der Waals surface area contributed by atoms with Gasteiger partial charge in [0.15, 0.2) is 0 Å². The maximum Gasteiger partial charge on any atom is 0.130 e.